The van der Waals surface area contributed by atoms with Gasteiger partial charge in [0.1, 0.15) is 5.75 Å². The lowest BCUT2D eigenvalue weighted by Gasteiger charge is -2.19. The highest BCUT2D eigenvalue weighted by Gasteiger charge is 2.33. The maximum absolute atomic E-state index is 14.2. The summed E-state index contributed by atoms with van der Waals surface area (Å²) in [5.74, 6) is -4.52. The molecule has 2 aromatic rings. The molecule has 0 fully saturated rings. The monoisotopic (exact) mass is 456 g/mol. The molecule has 0 heterocycles. The largest absolute Gasteiger partial charge is 0.573 e. The van der Waals surface area contributed by atoms with Crippen LogP contribution < -0.4 is 15.4 Å². The predicted octanol–water partition coefficient (Wildman–Crippen LogP) is 1.59. The number of hydrogen-bond acceptors (Lipinski definition) is 5. The summed E-state index contributed by atoms with van der Waals surface area (Å²) in [6, 6.07) is 11.6. The van der Waals surface area contributed by atoms with Crippen molar-refractivity contribution in [2.75, 3.05) is 0 Å². The van der Waals surface area contributed by atoms with Crippen LogP contribution in [0.3, 0.4) is 0 Å². The number of carbonyl (C=O) groups is 2. The Morgan fingerprint density at radius 2 is 1.72 bits per heavy atom. The third-order valence-corrected chi connectivity index (χ3v) is 4.32. The van der Waals surface area contributed by atoms with E-state index in [9.17, 15) is 37.2 Å². The molecule has 2 rings (SSSR count). The quantitative estimate of drug-likeness (QED) is 0.261. The van der Waals surface area contributed by atoms with Crippen molar-refractivity contribution < 1.29 is 41.9 Å². The number of aryl methyl sites for hydroxylation is 1. The highest BCUT2D eigenvalue weighted by atomic mass is 19.4. The van der Waals surface area contributed by atoms with Gasteiger partial charge in [-0.2, -0.15) is 0 Å². The van der Waals surface area contributed by atoms with Crippen LogP contribution in [-0.4, -0.2) is 47.5 Å². The van der Waals surface area contributed by atoms with Crippen LogP contribution in [0.15, 0.2) is 48.5 Å². The molecule has 2 aromatic carbocycles. The zero-order valence-corrected chi connectivity index (χ0v) is 16.9. The minimum Gasteiger partial charge on any atom is -0.426 e. The van der Waals surface area contributed by atoms with Gasteiger partial charge >= 0.3 is 13.5 Å². The lowest BCUT2D eigenvalue weighted by molar-refractivity contribution is -0.274. The molecule has 0 radical (unpaired) electrons. The van der Waals surface area contributed by atoms with Gasteiger partial charge in [0.2, 0.25) is 0 Å². The van der Waals surface area contributed by atoms with Crippen molar-refractivity contribution in [3.63, 3.8) is 0 Å². The lowest BCUT2D eigenvalue weighted by atomic mass is 9.75. The number of rotatable bonds is 9. The molecule has 0 spiro atoms. The minimum atomic E-state index is -4.89. The van der Waals surface area contributed by atoms with Gasteiger partial charge in [-0.05, 0) is 36.6 Å². The zero-order valence-electron chi connectivity index (χ0n) is 16.9. The fourth-order valence-corrected chi connectivity index (χ4v) is 2.72. The van der Waals surface area contributed by atoms with E-state index in [1.807, 2.05) is 6.92 Å². The molecule has 4 N–H and O–H groups in total. The zero-order chi connectivity index (χ0) is 23.9. The van der Waals surface area contributed by atoms with Gasteiger partial charge in [0.05, 0.1) is 5.94 Å². The first-order valence-electron chi connectivity index (χ1n) is 9.43. The van der Waals surface area contributed by atoms with Crippen molar-refractivity contribution >= 4 is 18.9 Å². The topological polar surface area (TPSA) is 108 Å². The van der Waals surface area contributed by atoms with Gasteiger partial charge in [-0.15, -0.1) is 13.2 Å². The van der Waals surface area contributed by atoms with E-state index in [0.29, 0.717) is 5.56 Å². The molecule has 0 saturated heterocycles. The lowest BCUT2D eigenvalue weighted by Crippen LogP contribution is -2.52. The van der Waals surface area contributed by atoms with Crippen LogP contribution >= 0.6 is 0 Å². The van der Waals surface area contributed by atoms with E-state index in [0.717, 1.165) is 17.7 Å². The molecule has 2 atom stereocenters. The molecule has 0 aromatic heterocycles. The third-order valence-electron chi connectivity index (χ3n) is 4.32. The van der Waals surface area contributed by atoms with Crippen LogP contribution in [0.5, 0.6) is 5.75 Å². The molecular formula is C20H21BF4N2O5. The third kappa shape index (κ3) is 8.19. The van der Waals surface area contributed by atoms with Crippen LogP contribution in [0.1, 0.15) is 16.7 Å². The van der Waals surface area contributed by atoms with Gasteiger partial charge in [-0.3, -0.25) is 9.59 Å². The van der Waals surface area contributed by atoms with E-state index in [1.54, 1.807) is 24.3 Å². The smallest absolute Gasteiger partial charge is 0.426 e. The number of amides is 2. The first-order valence-corrected chi connectivity index (χ1v) is 9.43. The van der Waals surface area contributed by atoms with Crippen LogP contribution in [-0.2, 0) is 22.6 Å². The summed E-state index contributed by atoms with van der Waals surface area (Å²) in [6.07, 6.45) is -7.59. The first kappa shape index (κ1) is 25.1. The maximum Gasteiger partial charge on any atom is 0.573 e. The standard InChI is InChI=1S/C20H21BF4N2O5/c1-12-5-7-13(8-6-12)10-16(21(30)31)27-19(29)17(22)18(28)26-11-14-3-2-4-15(9-14)32-20(23,24)25/h2-9,16-17,30-31H,10-11H2,1H3,(H,26,28)(H,27,29)/t16-,17?/m0/s1. The van der Waals surface area contributed by atoms with Gasteiger partial charge in [0, 0.05) is 6.54 Å². The SMILES string of the molecule is Cc1ccc(C[C@H](NC(=O)C(F)C(=O)NCc2cccc(OC(F)(F)F)c2)B(O)O)cc1. The Balaban J connectivity index is 1.92. The molecule has 0 aliphatic rings. The van der Waals surface area contributed by atoms with E-state index in [2.05, 4.69) is 15.4 Å². The summed E-state index contributed by atoms with van der Waals surface area (Å²) in [5, 5.41) is 23.1. The van der Waals surface area contributed by atoms with Gasteiger partial charge in [-0.25, -0.2) is 4.39 Å². The number of alkyl halides is 4. The number of ether oxygens (including phenoxy) is 1. The van der Waals surface area contributed by atoms with Gasteiger partial charge in [0.25, 0.3) is 18.0 Å². The summed E-state index contributed by atoms with van der Waals surface area (Å²) in [4.78, 5) is 24.0. The first-order chi connectivity index (χ1) is 14.9. The molecule has 32 heavy (non-hydrogen) atoms. The van der Waals surface area contributed by atoms with E-state index < -0.39 is 43.2 Å². The Labute approximate surface area is 181 Å². The molecule has 0 bridgehead atoms. The molecule has 12 heteroatoms. The van der Waals surface area contributed by atoms with E-state index in [-0.39, 0.29) is 18.5 Å². The number of hydrogen-bond donors (Lipinski definition) is 4. The summed E-state index contributed by atoms with van der Waals surface area (Å²) in [7, 11) is -2.01. The second-order valence-electron chi connectivity index (χ2n) is 6.99. The van der Waals surface area contributed by atoms with Crippen LogP contribution in [0.25, 0.3) is 0 Å². The van der Waals surface area contributed by atoms with Crippen molar-refractivity contribution in [2.24, 2.45) is 0 Å². The summed E-state index contributed by atoms with van der Waals surface area (Å²) < 4.78 is 54.8. The second-order valence-corrected chi connectivity index (χ2v) is 6.99. The normalized spacial score (nSPS) is 13.1. The number of carbonyl (C=O) groups excluding carboxylic acids is 2. The van der Waals surface area contributed by atoms with Crippen molar-refractivity contribution in [1.29, 1.82) is 0 Å². The Bertz CT molecular complexity index is 925. The molecule has 7 nitrogen and oxygen atoms in total. The maximum atomic E-state index is 14.2. The van der Waals surface area contributed by atoms with Crippen molar-refractivity contribution in [2.45, 2.75) is 38.4 Å². The van der Waals surface area contributed by atoms with E-state index >= 15 is 0 Å². The van der Waals surface area contributed by atoms with Crippen LogP contribution in [0, 0.1) is 6.92 Å². The predicted molar refractivity (Wildman–Crippen MR) is 107 cm³/mol. The fourth-order valence-electron chi connectivity index (χ4n) is 2.72. The molecule has 2 amide bonds. The summed E-state index contributed by atoms with van der Waals surface area (Å²) in [5.41, 5.74) is 1.79. The average molecular weight is 456 g/mol. The fraction of sp³-hybridized carbons (Fsp3) is 0.300. The number of benzene rings is 2. The highest BCUT2D eigenvalue weighted by molar-refractivity contribution is 6.43. The molecule has 0 aliphatic heterocycles. The second kappa shape index (κ2) is 11.0. The van der Waals surface area contributed by atoms with Gasteiger partial charge in [0.15, 0.2) is 0 Å². The van der Waals surface area contributed by atoms with Crippen LogP contribution in [0.4, 0.5) is 17.6 Å². The van der Waals surface area contributed by atoms with Crippen molar-refractivity contribution in [1.82, 2.24) is 10.6 Å². The Morgan fingerprint density at radius 1 is 1.06 bits per heavy atom. The van der Waals surface area contributed by atoms with Crippen LogP contribution in [0.2, 0.25) is 0 Å². The minimum absolute atomic E-state index is 0.0238. The average Bonchev–Trinajstić information content (AvgIpc) is 2.71. The highest BCUT2D eigenvalue weighted by Crippen LogP contribution is 2.23. The number of halogens is 4. The summed E-state index contributed by atoms with van der Waals surface area (Å²) >= 11 is 0. The molecular weight excluding hydrogens is 435 g/mol. The Hall–Kier alpha value is -3.12. The molecule has 172 valence electrons. The van der Waals surface area contributed by atoms with Crippen molar-refractivity contribution in [3.8, 4) is 5.75 Å². The van der Waals surface area contributed by atoms with Crippen molar-refractivity contribution in [3.05, 3.63) is 65.2 Å². The van der Waals surface area contributed by atoms with Gasteiger partial charge < -0.3 is 25.4 Å². The van der Waals surface area contributed by atoms with Gasteiger partial charge in [-0.1, -0.05) is 42.0 Å². The molecule has 1 unspecified atom stereocenters. The molecule has 0 aliphatic carbocycles. The Morgan fingerprint density at radius 3 is 2.31 bits per heavy atom. The van der Waals surface area contributed by atoms with E-state index in [4.69, 9.17) is 0 Å². The summed E-state index contributed by atoms with van der Waals surface area (Å²) in [6.45, 7) is 1.49. The number of nitrogens with one attached hydrogen (secondary N) is 2. The Kier molecular flexibility index (Phi) is 8.61. The molecule has 0 saturated carbocycles. The van der Waals surface area contributed by atoms with E-state index in [1.165, 1.54) is 12.1 Å².